The Morgan fingerprint density at radius 3 is 2.62 bits per heavy atom. The molecule has 1 radical (unpaired) electrons. The van der Waals surface area contributed by atoms with Crippen LogP contribution in [0, 0.1) is 0 Å². The number of hydrogen-bond donors (Lipinski definition) is 1. The molecule has 0 aromatic heterocycles. The van der Waals surface area contributed by atoms with Gasteiger partial charge in [-0.2, -0.15) is 0 Å². The van der Waals surface area contributed by atoms with E-state index in [9.17, 15) is 0 Å². The molecule has 0 fully saturated rings. The Bertz CT molecular complexity index is 33.5. The summed E-state index contributed by atoms with van der Waals surface area (Å²) in [5.41, 5.74) is 0. The average molecular weight is 116 g/mol. The SMILES string of the molecule is CCC[N]CCCO. The molecule has 0 aliphatic rings. The van der Waals surface area contributed by atoms with Crippen LogP contribution in [0.25, 0.3) is 0 Å². The van der Waals surface area contributed by atoms with Crippen LogP contribution in [-0.2, 0) is 0 Å². The van der Waals surface area contributed by atoms with Crippen LogP contribution in [0.3, 0.4) is 0 Å². The van der Waals surface area contributed by atoms with Crippen molar-refractivity contribution in [1.29, 1.82) is 0 Å². The van der Waals surface area contributed by atoms with E-state index >= 15 is 0 Å². The van der Waals surface area contributed by atoms with Crippen molar-refractivity contribution in [2.45, 2.75) is 19.8 Å². The van der Waals surface area contributed by atoms with Gasteiger partial charge in [-0.05, 0) is 12.8 Å². The minimum atomic E-state index is 0.271. The van der Waals surface area contributed by atoms with E-state index in [0.717, 1.165) is 25.9 Å². The van der Waals surface area contributed by atoms with E-state index in [-0.39, 0.29) is 6.61 Å². The quantitative estimate of drug-likeness (QED) is 0.518. The minimum Gasteiger partial charge on any atom is -0.396 e. The molecule has 0 saturated carbocycles. The second kappa shape index (κ2) is 6.92. The molecule has 2 nitrogen and oxygen atoms in total. The molecule has 0 rings (SSSR count). The summed E-state index contributed by atoms with van der Waals surface area (Å²) >= 11 is 0. The monoisotopic (exact) mass is 116 g/mol. The van der Waals surface area contributed by atoms with Gasteiger partial charge in [-0.25, -0.2) is 5.32 Å². The molecule has 8 heavy (non-hydrogen) atoms. The van der Waals surface area contributed by atoms with Gasteiger partial charge in [0, 0.05) is 19.7 Å². The molecule has 0 bridgehead atoms. The van der Waals surface area contributed by atoms with Crippen molar-refractivity contribution in [1.82, 2.24) is 5.32 Å². The summed E-state index contributed by atoms with van der Waals surface area (Å²) in [5, 5.41) is 12.4. The van der Waals surface area contributed by atoms with Crippen LogP contribution >= 0.6 is 0 Å². The second-order valence-corrected chi connectivity index (χ2v) is 1.75. The largest absolute Gasteiger partial charge is 0.396 e. The summed E-state index contributed by atoms with van der Waals surface area (Å²) in [6, 6.07) is 0. The van der Waals surface area contributed by atoms with Crippen LogP contribution in [0.2, 0.25) is 0 Å². The molecule has 0 aliphatic heterocycles. The van der Waals surface area contributed by atoms with Crippen molar-refractivity contribution < 1.29 is 5.11 Å². The van der Waals surface area contributed by atoms with Gasteiger partial charge in [0.25, 0.3) is 0 Å². The molecule has 49 valence electrons. The summed E-state index contributed by atoms with van der Waals surface area (Å²) < 4.78 is 0. The number of nitrogens with zero attached hydrogens (tertiary/aromatic N) is 1. The standard InChI is InChI=1S/C6H14NO/c1-2-4-7-5-3-6-8/h8H,2-6H2,1H3. The van der Waals surface area contributed by atoms with E-state index in [2.05, 4.69) is 12.2 Å². The second-order valence-electron chi connectivity index (χ2n) is 1.75. The lowest BCUT2D eigenvalue weighted by Crippen LogP contribution is -2.08. The highest BCUT2D eigenvalue weighted by atomic mass is 16.3. The Labute approximate surface area is 50.9 Å². The van der Waals surface area contributed by atoms with Gasteiger partial charge in [-0.1, -0.05) is 6.92 Å². The van der Waals surface area contributed by atoms with Crippen molar-refractivity contribution >= 4 is 0 Å². The van der Waals surface area contributed by atoms with Crippen molar-refractivity contribution in [3.63, 3.8) is 0 Å². The van der Waals surface area contributed by atoms with Crippen LogP contribution < -0.4 is 5.32 Å². The zero-order chi connectivity index (χ0) is 6.24. The van der Waals surface area contributed by atoms with E-state index in [1.807, 2.05) is 0 Å². The highest BCUT2D eigenvalue weighted by Gasteiger charge is 1.83. The predicted molar refractivity (Wildman–Crippen MR) is 33.9 cm³/mol. The Kier molecular flexibility index (Phi) is 6.85. The third-order valence-electron chi connectivity index (χ3n) is 0.856. The topological polar surface area (TPSA) is 34.3 Å². The first-order chi connectivity index (χ1) is 3.91. The minimum absolute atomic E-state index is 0.271. The maximum atomic E-state index is 8.31. The molecular formula is C6H14NO. The van der Waals surface area contributed by atoms with Gasteiger partial charge in [0.2, 0.25) is 0 Å². The fourth-order valence-corrected chi connectivity index (χ4v) is 0.452. The van der Waals surface area contributed by atoms with Crippen LogP contribution in [0.5, 0.6) is 0 Å². The zero-order valence-corrected chi connectivity index (χ0v) is 5.43. The van der Waals surface area contributed by atoms with Gasteiger partial charge in [-0.15, -0.1) is 0 Å². The number of aliphatic hydroxyl groups is 1. The van der Waals surface area contributed by atoms with Crippen molar-refractivity contribution in [2.24, 2.45) is 0 Å². The van der Waals surface area contributed by atoms with Crippen LogP contribution in [0.15, 0.2) is 0 Å². The van der Waals surface area contributed by atoms with Gasteiger partial charge in [0.05, 0.1) is 0 Å². The molecule has 0 aromatic rings. The summed E-state index contributed by atoms with van der Waals surface area (Å²) in [7, 11) is 0. The van der Waals surface area contributed by atoms with E-state index in [4.69, 9.17) is 5.11 Å². The smallest absolute Gasteiger partial charge is 0.0443 e. The first-order valence-electron chi connectivity index (χ1n) is 3.16. The lowest BCUT2D eigenvalue weighted by atomic mass is 10.4. The molecule has 1 N–H and O–H groups in total. The summed E-state index contributed by atoms with van der Waals surface area (Å²) in [6.45, 7) is 4.14. The van der Waals surface area contributed by atoms with Gasteiger partial charge in [0.1, 0.15) is 0 Å². The molecule has 0 spiro atoms. The zero-order valence-electron chi connectivity index (χ0n) is 5.43. The highest BCUT2D eigenvalue weighted by Crippen LogP contribution is 1.75. The lowest BCUT2D eigenvalue weighted by molar-refractivity contribution is 0.285. The lowest BCUT2D eigenvalue weighted by Gasteiger charge is -1.95. The normalized spacial score (nSPS) is 9.75. The number of rotatable bonds is 5. The molecule has 0 atom stereocenters. The van der Waals surface area contributed by atoms with Gasteiger partial charge in [-0.3, -0.25) is 0 Å². The van der Waals surface area contributed by atoms with E-state index < -0.39 is 0 Å². The molecule has 2 heteroatoms. The molecule has 0 heterocycles. The maximum Gasteiger partial charge on any atom is 0.0443 e. The fourth-order valence-electron chi connectivity index (χ4n) is 0.452. The molecular weight excluding hydrogens is 102 g/mol. The van der Waals surface area contributed by atoms with Crippen LogP contribution in [0.4, 0.5) is 0 Å². The first-order valence-corrected chi connectivity index (χ1v) is 3.16. The average Bonchev–Trinajstić information content (AvgIpc) is 1.81. The summed E-state index contributed by atoms with van der Waals surface area (Å²) in [5.74, 6) is 0. The Morgan fingerprint density at radius 1 is 1.38 bits per heavy atom. The summed E-state index contributed by atoms with van der Waals surface area (Å²) in [4.78, 5) is 0. The Balaban J connectivity index is 2.53. The third kappa shape index (κ3) is 5.92. The van der Waals surface area contributed by atoms with Crippen molar-refractivity contribution in [3.8, 4) is 0 Å². The van der Waals surface area contributed by atoms with Crippen LogP contribution in [-0.4, -0.2) is 24.8 Å². The van der Waals surface area contributed by atoms with E-state index in [1.165, 1.54) is 0 Å². The molecule has 0 aromatic carbocycles. The Hall–Kier alpha value is -0.0800. The number of hydrogen-bond acceptors (Lipinski definition) is 1. The maximum absolute atomic E-state index is 8.31. The highest BCUT2D eigenvalue weighted by molar-refractivity contribution is 4.42. The molecule has 0 amide bonds. The third-order valence-corrected chi connectivity index (χ3v) is 0.856. The van der Waals surface area contributed by atoms with E-state index in [1.54, 1.807) is 0 Å². The summed E-state index contributed by atoms with van der Waals surface area (Å²) in [6.07, 6.45) is 1.94. The van der Waals surface area contributed by atoms with E-state index in [0.29, 0.717) is 0 Å². The molecule has 0 saturated heterocycles. The molecule has 0 aliphatic carbocycles. The predicted octanol–water partition coefficient (Wildman–Crippen LogP) is 0.383. The van der Waals surface area contributed by atoms with Crippen molar-refractivity contribution in [3.05, 3.63) is 0 Å². The van der Waals surface area contributed by atoms with Crippen molar-refractivity contribution in [2.75, 3.05) is 19.7 Å². The van der Waals surface area contributed by atoms with Gasteiger partial charge >= 0.3 is 0 Å². The number of aliphatic hydroxyl groups excluding tert-OH is 1. The van der Waals surface area contributed by atoms with Gasteiger partial charge in [0.15, 0.2) is 0 Å². The molecule has 0 unspecified atom stereocenters. The van der Waals surface area contributed by atoms with Gasteiger partial charge < -0.3 is 5.11 Å². The fraction of sp³-hybridized carbons (Fsp3) is 1.00. The Morgan fingerprint density at radius 2 is 2.12 bits per heavy atom. The first kappa shape index (κ1) is 7.92. The van der Waals surface area contributed by atoms with Crippen LogP contribution in [0.1, 0.15) is 19.8 Å².